The van der Waals surface area contributed by atoms with Crippen LogP contribution in [0.4, 0.5) is 0 Å². The second-order valence-corrected chi connectivity index (χ2v) is 9.19. The molecule has 1 aromatic heterocycles. The second kappa shape index (κ2) is 10.8. The highest BCUT2D eigenvalue weighted by Gasteiger charge is 2.13. The number of benzene rings is 2. The van der Waals surface area contributed by atoms with E-state index in [-0.39, 0.29) is 17.3 Å². The van der Waals surface area contributed by atoms with Crippen molar-refractivity contribution in [3.63, 3.8) is 0 Å². The Balaban J connectivity index is 1.44. The van der Waals surface area contributed by atoms with Crippen LogP contribution in [0, 0.1) is 0 Å². The van der Waals surface area contributed by atoms with Crippen LogP contribution in [-0.4, -0.2) is 26.6 Å². The molecule has 0 aliphatic carbocycles. The summed E-state index contributed by atoms with van der Waals surface area (Å²) in [5.74, 6) is 1.12. The zero-order chi connectivity index (χ0) is 21.2. The van der Waals surface area contributed by atoms with Gasteiger partial charge in [0.15, 0.2) is 0 Å². The third kappa shape index (κ3) is 6.91. The minimum absolute atomic E-state index is 0.0831. The molecule has 156 valence electrons. The van der Waals surface area contributed by atoms with Gasteiger partial charge in [-0.05, 0) is 48.0 Å². The van der Waals surface area contributed by atoms with E-state index in [0.29, 0.717) is 12.3 Å². The quantitative estimate of drug-likeness (QED) is 0.284. The fraction of sp³-hybridized carbons (Fsp3) is 0.136. The van der Waals surface area contributed by atoms with E-state index in [4.69, 9.17) is 4.42 Å². The molecule has 0 fully saturated rings. The van der Waals surface area contributed by atoms with E-state index in [2.05, 4.69) is 10.0 Å². The molecule has 30 heavy (non-hydrogen) atoms. The van der Waals surface area contributed by atoms with Gasteiger partial charge in [0.2, 0.25) is 15.9 Å². The van der Waals surface area contributed by atoms with Gasteiger partial charge in [-0.1, -0.05) is 30.3 Å². The molecule has 8 heteroatoms. The minimum Gasteiger partial charge on any atom is -0.468 e. The van der Waals surface area contributed by atoms with Gasteiger partial charge in [-0.3, -0.25) is 4.79 Å². The maximum Gasteiger partial charge on any atom is 0.244 e. The summed E-state index contributed by atoms with van der Waals surface area (Å²) in [5.41, 5.74) is 0.730. The van der Waals surface area contributed by atoms with Crippen molar-refractivity contribution in [2.45, 2.75) is 16.3 Å². The Labute approximate surface area is 180 Å². The number of hydrogen-bond donors (Lipinski definition) is 2. The molecule has 0 unspecified atom stereocenters. The SMILES string of the molecule is O=C(C=Cc1ccc(S(=O)(=O)NCc2ccco2)cc1)NCCSc1ccccc1. The first-order chi connectivity index (χ1) is 14.5. The van der Waals surface area contributed by atoms with E-state index in [0.717, 1.165) is 16.2 Å². The predicted octanol–water partition coefficient (Wildman–Crippen LogP) is 3.68. The van der Waals surface area contributed by atoms with E-state index in [1.165, 1.54) is 24.5 Å². The molecule has 1 heterocycles. The van der Waals surface area contributed by atoms with Crippen molar-refractivity contribution in [3.05, 3.63) is 90.4 Å². The number of furan rings is 1. The van der Waals surface area contributed by atoms with Crippen LogP contribution in [0.1, 0.15) is 11.3 Å². The van der Waals surface area contributed by atoms with Gasteiger partial charge in [0.25, 0.3) is 0 Å². The Kier molecular flexibility index (Phi) is 7.89. The summed E-state index contributed by atoms with van der Waals surface area (Å²) in [6, 6.07) is 19.7. The van der Waals surface area contributed by atoms with Crippen molar-refractivity contribution in [1.82, 2.24) is 10.0 Å². The van der Waals surface area contributed by atoms with E-state index >= 15 is 0 Å². The summed E-state index contributed by atoms with van der Waals surface area (Å²) in [6.45, 7) is 0.640. The van der Waals surface area contributed by atoms with Crippen LogP contribution in [0.2, 0.25) is 0 Å². The molecular weight excluding hydrogens is 420 g/mol. The number of nitrogens with one attached hydrogen (secondary N) is 2. The molecule has 3 rings (SSSR count). The van der Waals surface area contributed by atoms with Crippen molar-refractivity contribution < 1.29 is 17.6 Å². The number of amides is 1. The molecule has 0 saturated carbocycles. The Morgan fingerprint density at radius 2 is 1.77 bits per heavy atom. The van der Waals surface area contributed by atoms with Gasteiger partial charge in [0, 0.05) is 23.3 Å². The molecule has 1 amide bonds. The van der Waals surface area contributed by atoms with Crippen LogP contribution < -0.4 is 10.0 Å². The summed E-state index contributed by atoms with van der Waals surface area (Å²) in [6.07, 6.45) is 4.57. The lowest BCUT2D eigenvalue weighted by Crippen LogP contribution is -2.23. The fourth-order valence-electron chi connectivity index (χ4n) is 2.51. The van der Waals surface area contributed by atoms with Crippen LogP contribution in [0.15, 0.2) is 93.3 Å². The molecule has 0 bridgehead atoms. The van der Waals surface area contributed by atoms with Crippen LogP contribution in [-0.2, 0) is 21.4 Å². The van der Waals surface area contributed by atoms with E-state index < -0.39 is 10.0 Å². The van der Waals surface area contributed by atoms with Crippen LogP contribution >= 0.6 is 11.8 Å². The molecular formula is C22H22N2O4S2. The average Bonchev–Trinajstić information content (AvgIpc) is 3.29. The molecule has 0 spiro atoms. The standard InChI is InChI=1S/C22H22N2O4S2/c25-22(23-14-16-29-20-6-2-1-3-7-20)13-10-18-8-11-21(12-9-18)30(26,27)24-17-19-5-4-15-28-19/h1-13,15,24H,14,16-17H2,(H,23,25). The highest BCUT2D eigenvalue weighted by Crippen LogP contribution is 2.16. The predicted molar refractivity (Wildman–Crippen MR) is 118 cm³/mol. The van der Waals surface area contributed by atoms with Crippen molar-refractivity contribution in [2.24, 2.45) is 0 Å². The molecule has 0 atom stereocenters. The lowest BCUT2D eigenvalue weighted by molar-refractivity contribution is -0.116. The minimum atomic E-state index is -3.64. The number of carbonyl (C=O) groups is 1. The molecule has 2 N–H and O–H groups in total. The third-order valence-corrected chi connectivity index (χ3v) is 6.48. The highest BCUT2D eigenvalue weighted by atomic mass is 32.2. The van der Waals surface area contributed by atoms with Gasteiger partial charge < -0.3 is 9.73 Å². The van der Waals surface area contributed by atoms with Crippen LogP contribution in [0.25, 0.3) is 6.08 Å². The van der Waals surface area contributed by atoms with Crippen LogP contribution in [0.3, 0.4) is 0 Å². The number of thioether (sulfide) groups is 1. The number of rotatable bonds is 10. The van der Waals surface area contributed by atoms with Gasteiger partial charge in [-0.25, -0.2) is 13.1 Å². The van der Waals surface area contributed by atoms with E-state index in [9.17, 15) is 13.2 Å². The number of carbonyl (C=O) groups excluding carboxylic acids is 1. The molecule has 0 radical (unpaired) electrons. The normalized spacial score (nSPS) is 11.6. The lowest BCUT2D eigenvalue weighted by Gasteiger charge is -2.06. The molecule has 0 aliphatic rings. The van der Waals surface area contributed by atoms with E-state index in [1.807, 2.05) is 30.3 Å². The summed E-state index contributed by atoms with van der Waals surface area (Å²) < 4.78 is 32.2. The summed E-state index contributed by atoms with van der Waals surface area (Å²) in [7, 11) is -3.64. The van der Waals surface area contributed by atoms with Gasteiger partial charge in [-0.2, -0.15) is 0 Å². The molecule has 0 saturated heterocycles. The highest BCUT2D eigenvalue weighted by molar-refractivity contribution is 7.99. The summed E-state index contributed by atoms with van der Waals surface area (Å²) in [4.78, 5) is 13.2. The van der Waals surface area contributed by atoms with Crippen LogP contribution in [0.5, 0.6) is 0 Å². The maximum absolute atomic E-state index is 12.3. The van der Waals surface area contributed by atoms with Crippen molar-refractivity contribution >= 4 is 33.8 Å². The van der Waals surface area contributed by atoms with Gasteiger partial charge in [0.1, 0.15) is 5.76 Å². The zero-order valence-corrected chi connectivity index (χ0v) is 17.8. The van der Waals surface area contributed by atoms with Gasteiger partial charge >= 0.3 is 0 Å². The van der Waals surface area contributed by atoms with Gasteiger partial charge in [0.05, 0.1) is 17.7 Å². The Hall–Kier alpha value is -2.81. The summed E-state index contributed by atoms with van der Waals surface area (Å²) in [5, 5.41) is 2.83. The first kappa shape index (κ1) is 21.9. The monoisotopic (exact) mass is 442 g/mol. The smallest absolute Gasteiger partial charge is 0.244 e. The summed E-state index contributed by atoms with van der Waals surface area (Å²) >= 11 is 1.68. The molecule has 2 aromatic carbocycles. The van der Waals surface area contributed by atoms with Crippen molar-refractivity contribution in [1.29, 1.82) is 0 Å². The Morgan fingerprint density at radius 1 is 1.00 bits per heavy atom. The molecule has 3 aromatic rings. The second-order valence-electron chi connectivity index (χ2n) is 6.26. The number of sulfonamides is 1. The first-order valence-electron chi connectivity index (χ1n) is 9.29. The zero-order valence-electron chi connectivity index (χ0n) is 16.2. The Bertz CT molecular complexity index is 1060. The van der Waals surface area contributed by atoms with Gasteiger partial charge in [-0.15, -0.1) is 11.8 Å². The molecule has 6 nitrogen and oxygen atoms in total. The Morgan fingerprint density at radius 3 is 2.47 bits per heavy atom. The maximum atomic E-state index is 12.3. The third-order valence-electron chi connectivity index (χ3n) is 4.05. The number of hydrogen-bond acceptors (Lipinski definition) is 5. The van der Waals surface area contributed by atoms with E-state index in [1.54, 1.807) is 42.1 Å². The molecule has 0 aliphatic heterocycles. The first-order valence-corrected chi connectivity index (χ1v) is 11.8. The average molecular weight is 443 g/mol. The largest absolute Gasteiger partial charge is 0.468 e. The topological polar surface area (TPSA) is 88.4 Å². The lowest BCUT2D eigenvalue weighted by atomic mass is 10.2. The fourth-order valence-corrected chi connectivity index (χ4v) is 4.29. The van der Waals surface area contributed by atoms with Crippen molar-refractivity contribution in [3.8, 4) is 0 Å². The van der Waals surface area contributed by atoms with Crippen molar-refractivity contribution in [2.75, 3.05) is 12.3 Å².